The minimum atomic E-state index is -0.496. The Balaban J connectivity index is 1.43. The van der Waals surface area contributed by atoms with E-state index in [2.05, 4.69) is 38.2 Å². The molecular formula is C24H30N6O2. The number of amides is 1. The van der Waals surface area contributed by atoms with Crippen LogP contribution in [0.1, 0.15) is 33.3 Å². The molecule has 1 aliphatic rings. The van der Waals surface area contributed by atoms with Gasteiger partial charge in [0.05, 0.1) is 28.6 Å². The second-order valence-electron chi connectivity index (χ2n) is 9.09. The number of ether oxygens (including phenoxy) is 1. The minimum Gasteiger partial charge on any atom is -0.444 e. The summed E-state index contributed by atoms with van der Waals surface area (Å²) in [4.78, 5) is 29.7. The fourth-order valence-corrected chi connectivity index (χ4v) is 3.88. The molecule has 1 aliphatic heterocycles. The van der Waals surface area contributed by atoms with Crippen LogP contribution in [0, 0.1) is 0 Å². The maximum atomic E-state index is 12.5. The van der Waals surface area contributed by atoms with Crippen LogP contribution < -0.4 is 10.2 Å². The van der Waals surface area contributed by atoms with Gasteiger partial charge in [-0.05, 0) is 51.5 Å². The molecule has 1 N–H and O–H groups in total. The fourth-order valence-electron chi connectivity index (χ4n) is 3.88. The SMILES string of the molecule is C[C@@H]1CN(c2ccncc2NCc2ccc3nccnc3c2)CCN1C(=O)OC(C)(C)C. The van der Waals surface area contributed by atoms with Crippen LogP contribution in [0.5, 0.6) is 0 Å². The lowest BCUT2D eigenvalue weighted by atomic mass is 10.1. The molecule has 0 radical (unpaired) electrons. The number of pyridine rings is 1. The summed E-state index contributed by atoms with van der Waals surface area (Å²) in [5, 5.41) is 3.51. The number of piperazine rings is 1. The molecule has 1 amide bonds. The standard InChI is InChI=1S/C24H30N6O2/c1-17-16-29(11-12-30(17)23(31)32-24(2,3)4)22-7-8-25-15-21(22)28-14-18-5-6-19-20(13-18)27-10-9-26-19/h5-10,13,15,17,28H,11-12,14,16H2,1-4H3/t17-/m1/s1. The highest BCUT2D eigenvalue weighted by Crippen LogP contribution is 2.28. The normalized spacial score (nSPS) is 16.8. The lowest BCUT2D eigenvalue weighted by Crippen LogP contribution is -2.55. The highest BCUT2D eigenvalue weighted by Gasteiger charge is 2.31. The number of nitrogens with zero attached hydrogens (tertiary/aromatic N) is 5. The molecule has 168 valence electrons. The smallest absolute Gasteiger partial charge is 0.410 e. The van der Waals surface area contributed by atoms with E-state index in [9.17, 15) is 4.79 Å². The Kier molecular flexibility index (Phi) is 6.12. The number of aromatic nitrogens is 3. The quantitative estimate of drug-likeness (QED) is 0.662. The summed E-state index contributed by atoms with van der Waals surface area (Å²) >= 11 is 0. The van der Waals surface area contributed by atoms with Crippen LogP contribution >= 0.6 is 0 Å². The van der Waals surface area contributed by atoms with E-state index in [4.69, 9.17) is 4.74 Å². The highest BCUT2D eigenvalue weighted by molar-refractivity contribution is 5.75. The molecule has 8 nitrogen and oxygen atoms in total. The zero-order chi connectivity index (χ0) is 22.7. The van der Waals surface area contributed by atoms with Crippen molar-refractivity contribution in [2.75, 3.05) is 29.9 Å². The first-order chi connectivity index (χ1) is 15.3. The maximum absolute atomic E-state index is 12.5. The van der Waals surface area contributed by atoms with Crippen molar-refractivity contribution in [3.63, 3.8) is 0 Å². The van der Waals surface area contributed by atoms with E-state index in [0.29, 0.717) is 13.1 Å². The summed E-state index contributed by atoms with van der Waals surface area (Å²) in [5.74, 6) is 0. The molecule has 4 rings (SSSR count). The molecule has 8 heteroatoms. The molecule has 0 saturated carbocycles. The van der Waals surface area contributed by atoms with Gasteiger partial charge in [0.2, 0.25) is 0 Å². The molecule has 0 aliphatic carbocycles. The largest absolute Gasteiger partial charge is 0.444 e. The predicted octanol–water partition coefficient (Wildman–Crippen LogP) is 4.08. The first-order valence-corrected chi connectivity index (χ1v) is 10.9. The zero-order valence-electron chi connectivity index (χ0n) is 19.1. The van der Waals surface area contributed by atoms with Crippen LogP contribution in [-0.2, 0) is 11.3 Å². The van der Waals surface area contributed by atoms with Gasteiger partial charge in [0.25, 0.3) is 0 Å². The van der Waals surface area contributed by atoms with Crippen molar-refractivity contribution in [2.45, 2.75) is 45.9 Å². The third-order valence-corrected chi connectivity index (χ3v) is 5.41. The molecular weight excluding hydrogens is 404 g/mol. The van der Waals surface area contributed by atoms with Gasteiger partial charge in [-0.2, -0.15) is 0 Å². The Morgan fingerprint density at radius 2 is 1.91 bits per heavy atom. The summed E-state index contributed by atoms with van der Waals surface area (Å²) in [5.41, 5.74) is 4.43. The van der Waals surface area contributed by atoms with Gasteiger partial charge in [-0.15, -0.1) is 0 Å². The number of carbonyl (C=O) groups excluding carboxylic acids is 1. The maximum Gasteiger partial charge on any atom is 0.410 e. The number of anilines is 2. The number of hydrogen-bond donors (Lipinski definition) is 1. The van der Waals surface area contributed by atoms with E-state index in [1.54, 1.807) is 18.6 Å². The van der Waals surface area contributed by atoms with Gasteiger partial charge < -0.3 is 19.9 Å². The van der Waals surface area contributed by atoms with Gasteiger partial charge in [-0.25, -0.2) is 4.79 Å². The van der Waals surface area contributed by atoms with Gasteiger partial charge in [-0.3, -0.25) is 15.0 Å². The Morgan fingerprint density at radius 1 is 1.12 bits per heavy atom. The predicted molar refractivity (Wildman–Crippen MR) is 126 cm³/mol. The number of carbonyl (C=O) groups is 1. The number of rotatable bonds is 4. The van der Waals surface area contributed by atoms with E-state index in [0.717, 1.165) is 41.1 Å². The number of nitrogens with one attached hydrogen (secondary N) is 1. The van der Waals surface area contributed by atoms with Crippen LogP contribution in [-0.4, -0.2) is 57.2 Å². The van der Waals surface area contributed by atoms with Crippen molar-refractivity contribution in [2.24, 2.45) is 0 Å². The van der Waals surface area contributed by atoms with Crippen molar-refractivity contribution in [1.82, 2.24) is 19.9 Å². The molecule has 3 heterocycles. The van der Waals surface area contributed by atoms with Crippen LogP contribution in [0.4, 0.5) is 16.2 Å². The van der Waals surface area contributed by atoms with E-state index >= 15 is 0 Å². The lowest BCUT2D eigenvalue weighted by molar-refractivity contribution is 0.0159. The molecule has 32 heavy (non-hydrogen) atoms. The van der Waals surface area contributed by atoms with Gasteiger partial charge in [0.1, 0.15) is 5.60 Å². The van der Waals surface area contributed by atoms with Crippen molar-refractivity contribution < 1.29 is 9.53 Å². The summed E-state index contributed by atoms with van der Waals surface area (Å²) < 4.78 is 5.57. The first-order valence-electron chi connectivity index (χ1n) is 10.9. The summed E-state index contributed by atoms with van der Waals surface area (Å²) in [6.45, 7) is 10.5. The summed E-state index contributed by atoms with van der Waals surface area (Å²) in [6.07, 6.45) is 6.80. The summed E-state index contributed by atoms with van der Waals surface area (Å²) in [6, 6.07) is 8.15. The fraction of sp³-hybridized carbons (Fsp3) is 0.417. The molecule has 2 aromatic heterocycles. The average Bonchev–Trinajstić information content (AvgIpc) is 2.76. The van der Waals surface area contributed by atoms with Gasteiger partial charge >= 0.3 is 6.09 Å². The van der Waals surface area contributed by atoms with E-state index in [1.165, 1.54) is 0 Å². The Hall–Kier alpha value is -3.42. The molecule has 1 saturated heterocycles. The second-order valence-corrected chi connectivity index (χ2v) is 9.09. The molecule has 3 aromatic rings. The van der Waals surface area contributed by atoms with Crippen LogP contribution in [0.3, 0.4) is 0 Å². The van der Waals surface area contributed by atoms with E-state index < -0.39 is 5.60 Å². The topological polar surface area (TPSA) is 83.5 Å². The zero-order valence-corrected chi connectivity index (χ0v) is 19.1. The molecule has 1 atom stereocenters. The van der Waals surface area contributed by atoms with Crippen molar-refractivity contribution in [3.05, 3.63) is 54.6 Å². The Bertz CT molecular complexity index is 1100. The Morgan fingerprint density at radius 3 is 2.66 bits per heavy atom. The third kappa shape index (κ3) is 5.07. The minimum absolute atomic E-state index is 0.0404. The average molecular weight is 435 g/mol. The van der Waals surface area contributed by atoms with Crippen LogP contribution in [0.25, 0.3) is 11.0 Å². The van der Waals surface area contributed by atoms with Crippen molar-refractivity contribution >= 4 is 28.5 Å². The van der Waals surface area contributed by atoms with Gasteiger partial charge in [0.15, 0.2) is 0 Å². The van der Waals surface area contributed by atoms with Crippen molar-refractivity contribution in [3.8, 4) is 0 Å². The van der Waals surface area contributed by atoms with E-state index in [-0.39, 0.29) is 12.1 Å². The van der Waals surface area contributed by atoms with Crippen molar-refractivity contribution in [1.29, 1.82) is 0 Å². The summed E-state index contributed by atoms with van der Waals surface area (Å²) in [7, 11) is 0. The molecule has 1 aromatic carbocycles. The van der Waals surface area contributed by atoms with Gasteiger partial charge in [0, 0.05) is 50.8 Å². The lowest BCUT2D eigenvalue weighted by Gasteiger charge is -2.41. The van der Waals surface area contributed by atoms with E-state index in [1.807, 2.05) is 50.1 Å². The molecule has 0 spiro atoms. The molecule has 1 fully saturated rings. The highest BCUT2D eigenvalue weighted by atomic mass is 16.6. The van der Waals surface area contributed by atoms with Gasteiger partial charge in [-0.1, -0.05) is 6.07 Å². The Labute approximate surface area is 188 Å². The second kappa shape index (κ2) is 8.98. The number of hydrogen-bond acceptors (Lipinski definition) is 7. The molecule has 0 bridgehead atoms. The number of benzene rings is 1. The van der Waals surface area contributed by atoms with Crippen LogP contribution in [0.15, 0.2) is 49.1 Å². The number of fused-ring (bicyclic) bond motifs is 1. The first kappa shape index (κ1) is 21.8. The van der Waals surface area contributed by atoms with Crippen LogP contribution in [0.2, 0.25) is 0 Å². The third-order valence-electron chi connectivity index (χ3n) is 5.41. The monoisotopic (exact) mass is 434 g/mol. The molecule has 0 unspecified atom stereocenters.